The molecule has 3 heteroatoms. The van der Waals surface area contributed by atoms with Gasteiger partial charge in [-0.25, -0.2) is 0 Å². The van der Waals surface area contributed by atoms with Crippen LogP contribution in [0.25, 0.3) is 0 Å². The van der Waals surface area contributed by atoms with Crippen molar-refractivity contribution in [2.45, 2.75) is 19.7 Å². The van der Waals surface area contributed by atoms with Crippen LogP contribution in [-0.4, -0.2) is 5.91 Å². The summed E-state index contributed by atoms with van der Waals surface area (Å²) in [5.74, 6) is 0.280. The second-order valence-electron chi connectivity index (χ2n) is 4.49. The van der Waals surface area contributed by atoms with Gasteiger partial charge in [0.1, 0.15) is 0 Å². The lowest BCUT2D eigenvalue weighted by Crippen LogP contribution is -2.14. The first-order valence-electron chi connectivity index (χ1n) is 6.15. The number of amides is 1. The Morgan fingerprint density at radius 3 is 2.58 bits per heavy atom. The number of halogens is 1. The van der Waals surface area contributed by atoms with E-state index < -0.39 is 0 Å². The number of anilines is 1. The summed E-state index contributed by atoms with van der Waals surface area (Å²) >= 11 is 5.87. The highest BCUT2D eigenvalue weighted by Crippen LogP contribution is 2.19. The molecular weight excluding hydrogens is 258 g/mol. The van der Waals surface area contributed by atoms with E-state index in [0.29, 0.717) is 11.4 Å². The van der Waals surface area contributed by atoms with Gasteiger partial charge in [0, 0.05) is 17.1 Å². The monoisotopic (exact) mass is 273 g/mol. The van der Waals surface area contributed by atoms with Crippen molar-refractivity contribution in [2.24, 2.45) is 0 Å². The molecule has 2 aromatic carbocycles. The zero-order valence-electron chi connectivity index (χ0n) is 11.0. The Kier molecular flexibility index (Phi) is 4.23. The molecule has 0 aliphatic carbocycles. The minimum Gasteiger partial charge on any atom is -0.322 e. The molecule has 0 heterocycles. The summed E-state index contributed by atoms with van der Waals surface area (Å²) < 4.78 is 0. The number of alkyl halides is 1. The van der Waals surface area contributed by atoms with E-state index in [0.717, 1.165) is 22.4 Å². The van der Waals surface area contributed by atoms with E-state index in [1.54, 1.807) is 0 Å². The van der Waals surface area contributed by atoms with E-state index in [9.17, 15) is 4.79 Å². The van der Waals surface area contributed by atoms with Gasteiger partial charge < -0.3 is 5.32 Å². The number of hydrogen-bond acceptors (Lipinski definition) is 1. The number of rotatable bonds is 3. The summed E-state index contributed by atoms with van der Waals surface area (Å²) in [5, 5.41) is 2.92. The summed E-state index contributed by atoms with van der Waals surface area (Å²) in [4.78, 5) is 12.3. The summed E-state index contributed by atoms with van der Waals surface area (Å²) in [6, 6.07) is 13.3. The minimum absolute atomic E-state index is 0.0984. The molecule has 2 nitrogen and oxygen atoms in total. The van der Waals surface area contributed by atoms with Crippen molar-refractivity contribution in [1.82, 2.24) is 0 Å². The molecule has 0 saturated heterocycles. The SMILES string of the molecule is Cc1cccc(C(=O)Nc2ccccc2CCl)c1C. The second-order valence-corrected chi connectivity index (χ2v) is 4.76. The number of nitrogens with one attached hydrogen (secondary N) is 1. The third-order valence-corrected chi connectivity index (χ3v) is 3.55. The van der Waals surface area contributed by atoms with Crippen molar-refractivity contribution >= 4 is 23.2 Å². The van der Waals surface area contributed by atoms with Crippen molar-refractivity contribution in [1.29, 1.82) is 0 Å². The van der Waals surface area contributed by atoms with Crippen LogP contribution in [0.5, 0.6) is 0 Å². The van der Waals surface area contributed by atoms with Gasteiger partial charge in [0.25, 0.3) is 5.91 Å². The quantitative estimate of drug-likeness (QED) is 0.830. The molecule has 0 aliphatic rings. The molecule has 2 rings (SSSR count). The Hall–Kier alpha value is -1.80. The number of carbonyl (C=O) groups is 1. The van der Waals surface area contributed by atoms with E-state index >= 15 is 0 Å². The Labute approximate surface area is 118 Å². The lowest BCUT2D eigenvalue weighted by atomic mass is 10.0. The number of para-hydroxylation sites is 1. The fourth-order valence-electron chi connectivity index (χ4n) is 1.95. The van der Waals surface area contributed by atoms with Crippen LogP contribution in [0.4, 0.5) is 5.69 Å². The van der Waals surface area contributed by atoms with Crippen LogP contribution in [0.2, 0.25) is 0 Å². The second kappa shape index (κ2) is 5.89. The van der Waals surface area contributed by atoms with Crippen LogP contribution >= 0.6 is 11.6 Å². The Balaban J connectivity index is 2.28. The Bertz CT molecular complexity index is 607. The molecular formula is C16H16ClNO. The highest BCUT2D eigenvalue weighted by atomic mass is 35.5. The maximum atomic E-state index is 12.3. The molecule has 0 saturated carbocycles. The van der Waals surface area contributed by atoms with Crippen LogP contribution in [0.1, 0.15) is 27.0 Å². The average Bonchev–Trinajstić information content (AvgIpc) is 2.42. The lowest BCUT2D eigenvalue weighted by molar-refractivity contribution is 0.102. The van der Waals surface area contributed by atoms with Gasteiger partial charge >= 0.3 is 0 Å². The molecule has 98 valence electrons. The lowest BCUT2D eigenvalue weighted by Gasteiger charge is -2.11. The summed E-state index contributed by atoms with van der Waals surface area (Å²) in [5.41, 5.74) is 4.50. The number of carbonyl (C=O) groups excluding carboxylic acids is 1. The molecule has 1 amide bonds. The first-order chi connectivity index (χ1) is 9.13. The molecule has 0 spiro atoms. The molecule has 0 atom stereocenters. The third kappa shape index (κ3) is 2.96. The molecule has 0 aliphatic heterocycles. The number of benzene rings is 2. The van der Waals surface area contributed by atoms with Crippen molar-refractivity contribution in [3.63, 3.8) is 0 Å². The van der Waals surface area contributed by atoms with Crippen LogP contribution < -0.4 is 5.32 Å². The molecule has 0 aromatic heterocycles. The molecule has 0 radical (unpaired) electrons. The highest BCUT2D eigenvalue weighted by Gasteiger charge is 2.11. The van der Waals surface area contributed by atoms with Crippen molar-refractivity contribution < 1.29 is 4.79 Å². The third-order valence-electron chi connectivity index (χ3n) is 3.26. The minimum atomic E-state index is -0.0984. The standard InChI is InChI=1S/C16H16ClNO/c1-11-6-5-8-14(12(11)2)16(19)18-15-9-4-3-7-13(15)10-17/h3-9H,10H2,1-2H3,(H,18,19). The fraction of sp³-hybridized carbons (Fsp3) is 0.188. The van der Waals surface area contributed by atoms with Gasteiger partial charge in [0.2, 0.25) is 0 Å². The largest absolute Gasteiger partial charge is 0.322 e. The molecule has 19 heavy (non-hydrogen) atoms. The Morgan fingerprint density at radius 1 is 1.11 bits per heavy atom. The van der Waals surface area contributed by atoms with E-state index in [1.165, 1.54) is 0 Å². The molecule has 0 bridgehead atoms. The van der Waals surface area contributed by atoms with E-state index in [-0.39, 0.29) is 5.91 Å². The predicted octanol–water partition coefficient (Wildman–Crippen LogP) is 4.29. The maximum absolute atomic E-state index is 12.3. The van der Waals surface area contributed by atoms with Crippen LogP contribution in [-0.2, 0) is 5.88 Å². The van der Waals surface area contributed by atoms with E-state index in [1.807, 2.05) is 56.3 Å². The van der Waals surface area contributed by atoms with Gasteiger partial charge in [-0.05, 0) is 42.7 Å². The van der Waals surface area contributed by atoms with Gasteiger partial charge in [0.15, 0.2) is 0 Å². The zero-order valence-corrected chi connectivity index (χ0v) is 11.8. The predicted molar refractivity (Wildman–Crippen MR) is 79.9 cm³/mol. The molecule has 0 unspecified atom stereocenters. The topological polar surface area (TPSA) is 29.1 Å². The summed E-state index contributed by atoms with van der Waals surface area (Å²) in [7, 11) is 0. The zero-order chi connectivity index (χ0) is 13.8. The summed E-state index contributed by atoms with van der Waals surface area (Å²) in [6.07, 6.45) is 0. The van der Waals surface area contributed by atoms with Gasteiger partial charge in [-0.15, -0.1) is 11.6 Å². The van der Waals surface area contributed by atoms with Gasteiger partial charge in [-0.3, -0.25) is 4.79 Å². The smallest absolute Gasteiger partial charge is 0.255 e. The van der Waals surface area contributed by atoms with Crippen LogP contribution in [0.3, 0.4) is 0 Å². The summed E-state index contributed by atoms with van der Waals surface area (Å²) in [6.45, 7) is 3.95. The fourth-order valence-corrected chi connectivity index (χ4v) is 2.18. The van der Waals surface area contributed by atoms with Crippen molar-refractivity contribution in [2.75, 3.05) is 5.32 Å². The number of aryl methyl sites for hydroxylation is 1. The normalized spacial score (nSPS) is 10.3. The van der Waals surface area contributed by atoms with Crippen LogP contribution in [0, 0.1) is 13.8 Å². The van der Waals surface area contributed by atoms with Crippen LogP contribution in [0.15, 0.2) is 42.5 Å². The van der Waals surface area contributed by atoms with Gasteiger partial charge in [-0.2, -0.15) is 0 Å². The first kappa shape index (κ1) is 13.6. The van der Waals surface area contributed by atoms with Gasteiger partial charge in [0.05, 0.1) is 0 Å². The molecule has 2 aromatic rings. The molecule has 1 N–H and O–H groups in total. The van der Waals surface area contributed by atoms with E-state index in [4.69, 9.17) is 11.6 Å². The van der Waals surface area contributed by atoms with Crippen molar-refractivity contribution in [3.8, 4) is 0 Å². The Morgan fingerprint density at radius 2 is 1.84 bits per heavy atom. The average molecular weight is 274 g/mol. The maximum Gasteiger partial charge on any atom is 0.255 e. The first-order valence-corrected chi connectivity index (χ1v) is 6.68. The molecule has 0 fully saturated rings. The van der Waals surface area contributed by atoms with Gasteiger partial charge in [-0.1, -0.05) is 30.3 Å². The highest BCUT2D eigenvalue weighted by molar-refractivity contribution is 6.17. The number of hydrogen-bond donors (Lipinski definition) is 1. The van der Waals surface area contributed by atoms with E-state index in [2.05, 4.69) is 5.32 Å². The van der Waals surface area contributed by atoms with Crippen molar-refractivity contribution in [3.05, 3.63) is 64.7 Å².